The van der Waals surface area contributed by atoms with Crippen LogP contribution in [0.25, 0.3) is 10.8 Å². The first-order chi connectivity index (χ1) is 9.53. The lowest BCUT2D eigenvalue weighted by molar-refractivity contribution is 0.595. The highest BCUT2D eigenvalue weighted by molar-refractivity contribution is 7.91. The van der Waals surface area contributed by atoms with Crippen LogP contribution in [0.1, 0.15) is 6.42 Å². The molecule has 0 aliphatic carbocycles. The second kappa shape index (κ2) is 4.94. The molecule has 1 aliphatic heterocycles. The summed E-state index contributed by atoms with van der Waals surface area (Å²) in [5.74, 6) is 1.26. The molecule has 106 valence electrons. The van der Waals surface area contributed by atoms with Gasteiger partial charge in [0.1, 0.15) is 5.82 Å². The molecule has 1 saturated heterocycles. The van der Waals surface area contributed by atoms with Crippen LogP contribution in [0.5, 0.6) is 0 Å². The first-order valence-corrected chi connectivity index (χ1v) is 8.42. The van der Waals surface area contributed by atoms with Crippen LogP contribution in [0.15, 0.2) is 35.1 Å². The Bertz CT molecular complexity index is 795. The summed E-state index contributed by atoms with van der Waals surface area (Å²) in [4.78, 5) is 14.7. The number of hydrogen-bond acceptors (Lipinski definition) is 4. The van der Waals surface area contributed by atoms with Crippen molar-refractivity contribution >= 4 is 26.4 Å². The van der Waals surface area contributed by atoms with Gasteiger partial charge in [0.15, 0.2) is 9.84 Å². The normalized spacial score (nSPS) is 21.1. The Morgan fingerprint density at radius 1 is 1.30 bits per heavy atom. The van der Waals surface area contributed by atoms with E-state index in [0.717, 1.165) is 5.39 Å². The van der Waals surface area contributed by atoms with Crippen molar-refractivity contribution in [1.82, 2.24) is 4.98 Å². The van der Waals surface area contributed by atoms with Crippen molar-refractivity contribution in [2.45, 2.75) is 6.42 Å². The molecule has 1 unspecified atom stereocenters. The van der Waals surface area contributed by atoms with Crippen molar-refractivity contribution in [3.8, 4) is 0 Å². The van der Waals surface area contributed by atoms with Crippen molar-refractivity contribution in [3.05, 3.63) is 40.7 Å². The summed E-state index contributed by atoms with van der Waals surface area (Å²) in [6, 6.07) is 9.25. The number of aromatic nitrogens is 1. The third-order valence-electron chi connectivity index (χ3n) is 3.66. The maximum Gasteiger partial charge on any atom is 0.257 e. The summed E-state index contributed by atoms with van der Waals surface area (Å²) in [6.07, 6.45) is 0.688. The van der Waals surface area contributed by atoms with E-state index in [-0.39, 0.29) is 23.0 Å². The van der Waals surface area contributed by atoms with E-state index < -0.39 is 9.84 Å². The molecule has 0 saturated carbocycles. The van der Waals surface area contributed by atoms with Gasteiger partial charge in [0, 0.05) is 11.9 Å². The summed E-state index contributed by atoms with van der Waals surface area (Å²) in [6.45, 7) is 0.563. The lowest BCUT2D eigenvalue weighted by Gasteiger charge is -2.11. The fourth-order valence-electron chi connectivity index (χ4n) is 2.59. The Morgan fingerprint density at radius 2 is 2.10 bits per heavy atom. The van der Waals surface area contributed by atoms with Crippen molar-refractivity contribution < 1.29 is 8.42 Å². The highest BCUT2D eigenvalue weighted by Crippen LogP contribution is 2.19. The zero-order valence-corrected chi connectivity index (χ0v) is 11.7. The number of aromatic amines is 1. The smallest absolute Gasteiger partial charge is 0.257 e. The second-order valence-electron chi connectivity index (χ2n) is 5.25. The van der Waals surface area contributed by atoms with Crippen LogP contribution in [0.2, 0.25) is 0 Å². The first-order valence-electron chi connectivity index (χ1n) is 6.60. The van der Waals surface area contributed by atoms with Crippen LogP contribution in [0, 0.1) is 5.92 Å². The molecule has 0 bridgehead atoms. The number of pyridine rings is 1. The molecule has 0 amide bonds. The molecule has 1 aliphatic rings. The van der Waals surface area contributed by atoms with Crippen LogP contribution in [-0.4, -0.2) is 31.5 Å². The maximum atomic E-state index is 11.9. The van der Waals surface area contributed by atoms with Gasteiger partial charge in [-0.3, -0.25) is 4.79 Å². The first kappa shape index (κ1) is 13.2. The monoisotopic (exact) mass is 292 g/mol. The van der Waals surface area contributed by atoms with Gasteiger partial charge in [-0.05, 0) is 29.9 Å². The highest BCUT2D eigenvalue weighted by Gasteiger charge is 2.27. The maximum absolute atomic E-state index is 11.9. The van der Waals surface area contributed by atoms with E-state index in [2.05, 4.69) is 10.3 Å². The van der Waals surface area contributed by atoms with Gasteiger partial charge in [0.25, 0.3) is 5.56 Å². The molecule has 3 rings (SSSR count). The average Bonchev–Trinajstić information content (AvgIpc) is 2.76. The van der Waals surface area contributed by atoms with Gasteiger partial charge in [0.05, 0.1) is 11.5 Å². The summed E-state index contributed by atoms with van der Waals surface area (Å²) >= 11 is 0. The topological polar surface area (TPSA) is 79.0 Å². The van der Waals surface area contributed by atoms with E-state index in [1.165, 1.54) is 0 Å². The Kier molecular flexibility index (Phi) is 3.25. The Hall–Kier alpha value is -1.82. The van der Waals surface area contributed by atoms with E-state index in [0.29, 0.717) is 24.2 Å². The fourth-order valence-corrected chi connectivity index (χ4v) is 4.46. The van der Waals surface area contributed by atoms with E-state index >= 15 is 0 Å². The number of hydrogen-bond donors (Lipinski definition) is 2. The molecule has 5 nitrogen and oxygen atoms in total. The third-order valence-corrected chi connectivity index (χ3v) is 5.50. The Morgan fingerprint density at radius 3 is 2.85 bits per heavy atom. The van der Waals surface area contributed by atoms with Gasteiger partial charge >= 0.3 is 0 Å². The molecule has 2 N–H and O–H groups in total. The SMILES string of the molecule is O=c1[nH]c(NCC2CCS(=O)(=O)C2)cc2ccccc12. The zero-order chi connectivity index (χ0) is 14.2. The molecular weight excluding hydrogens is 276 g/mol. The molecule has 1 fully saturated rings. The number of sulfone groups is 1. The number of rotatable bonds is 3. The molecule has 20 heavy (non-hydrogen) atoms. The number of benzene rings is 1. The minimum atomic E-state index is -2.85. The van der Waals surface area contributed by atoms with Crippen molar-refractivity contribution in [2.75, 3.05) is 23.4 Å². The van der Waals surface area contributed by atoms with Gasteiger partial charge in [-0.2, -0.15) is 0 Å². The predicted molar refractivity (Wildman–Crippen MR) is 79.8 cm³/mol. The molecule has 1 aromatic heterocycles. The zero-order valence-electron chi connectivity index (χ0n) is 10.9. The predicted octanol–water partition coefficient (Wildman–Crippen LogP) is 1.37. The van der Waals surface area contributed by atoms with Crippen molar-refractivity contribution in [3.63, 3.8) is 0 Å². The second-order valence-corrected chi connectivity index (χ2v) is 7.48. The minimum absolute atomic E-state index is 0.120. The molecule has 1 aromatic carbocycles. The van der Waals surface area contributed by atoms with Gasteiger partial charge < -0.3 is 10.3 Å². The standard InChI is InChI=1S/C14H16N2O3S/c17-14-12-4-2-1-3-11(12)7-13(16-14)15-8-10-5-6-20(18,19)9-10/h1-4,7,10H,5-6,8-9H2,(H2,15,16,17). The van der Waals surface area contributed by atoms with Gasteiger partial charge in [0.2, 0.25) is 0 Å². The van der Waals surface area contributed by atoms with Crippen molar-refractivity contribution in [2.24, 2.45) is 5.92 Å². The molecule has 2 heterocycles. The quantitative estimate of drug-likeness (QED) is 0.895. The van der Waals surface area contributed by atoms with E-state index in [4.69, 9.17) is 0 Å². The molecule has 2 aromatic rings. The fraction of sp³-hybridized carbons (Fsp3) is 0.357. The number of nitrogens with one attached hydrogen (secondary N) is 2. The van der Waals surface area contributed by atoms with Gasteiger partial charge in [-0.15, -0.1) is 0 Å². The molecule has 6 heteroatoms. The molecule has 1 atom stereocenters. The van der Waals surface area contributed by atoms with Crippen LogP contribution in [0.3, 0.4) is 0 Å². The molecule has 0 radical (unpaired) electrons. The van der Waals surface area contributed by atoms with Crippen molar-refractivity contribution in [1.29, 1.82) is 0 Å². The molecular formula is C14H16N2O3S. The lowest BCUT2D eigenvalue weighted by atomic mass is 10.1. The highest BCUT2D eigenvalue weighted by atomic mass is 32.2. The lowest BCUT2D eigenvalue weighted by Crippen LogP contribution is -2.18. The number of anilines is 1. The summed E-state index contributed by atoms with van der Waals surface area (Å²) < 4.78 is 22.8. The number of fused-ring (bicyclic) bond motifs is 1. The van der Waals surface area contributed by atoms with Crippen LogP contribution >= 0.6 is 0 Å². The summed E-state index contributed by atoms with van der Waals surface area (Å²) in [7, 11) is -2.85. The minimum Gasteiger partial charge on any atom is -0.371 e. The van der Waals surface area contributed by atoms with Gasteiger partial charge in [-0.1, -0.05) is 18.2 Å². The third kappa shape index (κ3) is 2.70. The summed E-state index contributed by atoms with van der Waals surface area (Å²) in [5.41, 5.74) is -0.135. The van der Waals surface area contributed by atoms with E-state index in [1.807, 2.05) is 24.3 Å². The van der Waals surface area contributed by atoms with Crippen LogP contribution in [-0.2, 0) is 9.84 Å². The van der Waals surface area contributed by atoms with Crippen LogP contribution in [0.4, 0.5) is 5.82 Å². The molecule has 0 spiro atoms. The van der Waals surface area contributed by atoms with Gasteiger partial charge in [-0.25, -0.2) is 8.42 Å². The van der Waals surface area contributed by atoms with E-state index in [1.54, 1.807) is 6.07 Å². The largest absolute Gasteiger partial charge is 0.371 e. The van der Waals surface area contributed by atoms with E-state index in [9.17, 15) is 13.2 Å². The van der Waals surface area contributed by atoms with Crippen LogP contribution < -0.4 is 10.9 Å². The average molecular weight is 292 g/mol. The number of H-pyrrole nitrogens is 1. The summed E-state index contributed by atoms with van der Waals surface area (Å²) in [5, 5.41) is 4.66. The Balaban J connectivity index is 1.77. The Labute approximate surface area is 116 Å².